The molecule has 0 amide bonds. The molecule has 0 saturated heterocycles. The third-order valence-electron chi connectivity index (χ3n) is 3.42. The Morgan fingerprint density at radius 3 is 1.84 bits per heavy atom. The molecule has 0 spiro atoms. The molecule has 0 aromatic carbocycles. The summed E-state index contributed by atoms with van der Waals surface area (Å²) in [5.74, 6) is 0. The zero-order chi connectivity index (χ0) is 13.9. The summed E-state index contributed by atoms with van der Waals surface area (Å²) < 4.78 is 2.17. The Bertz CT molecular complexity index is 339. The summed E-state index contributed by atoms with van der Waals surface area (Å²) in [4.78, 5) is 3.21. The standard InChI is InChI=1S/C15H25Br2NO/c16-14-12-13(15(17)18-14)10-8-6-4-2-1-3-5-7-9-11-19/h12,18-19H,1-11H2. The van der Waals surface area contributed by atoms with Gasteiger partial charge in [0.05, 0.1) is 9.21 Å². The molecule has 1 heterocycles. The van der Waals surface area contributed by atoms with Gasteiger partial charge in [0.1, 0.15) is 0 Å². The Kier molecular flexibility index (Phi) is 9.92. The highest BCUT2D eigenvalue weighted by Crippen LogP contribution is 2.23. The van der Waals surface area contributed by atoms with Crippen molar-refractivity contribution in [2.24, 2.45) is 0 Å². The Balaban J connectivity index is 1.90. The zero-order valence-electron chi connectivity index (χ0n) is 11.6. The van der Waals surface area contributed by atoms with Gasteiger partial charge in [-0.05, 0) is 62.8 Å². The average Bonchev–Trinajstić information content (AvgIpc) is 2.70. The molecule has 110 valence electrons. The topological polar surface area (TPSA) is 36.0 Å². The lowest BCUT2D eigenvalue weighted by Gasteiger charge is -2.02. The molecular weight excluding hydrogens is 370 g/mol. The van der Waals surface area contributed by atoms with Crippen LogP contribution in [-0.2, 0) is 6.42 Å². The minimum Gasteiger partial charge on any atom is -0.396 e. The van der Waals surface area contributed by atoms with Crippen LogP contribution in [0.1, 0.15) is 63.4 Å². The predicted molar refractivity (Wildman–Crippen MR) is 88.5 cm³/mol. The van der Waals surface area contributed by atoms with Gasteiger partial charge in [0, 0.05) is 6.61 Å². The van der Waals surface area contributed by atoms with E-state index in [9.17, 15) is 0 Å². The number of unbranched alkanes of at least 4 members (excludes halogenated alkanes) is 8. The molecule has 2 nitrogen and oxygen atoms in total. The second-order valence-corrected chi connectivity index (χ2v) is 6.76. The fourth-order valence-electron chi connectivity index (χ4n) is 2.28. The zero-order valence-corrected chi connectivity index (χ0v) is 14.7. The molecule has 0 aliphatic heterocycles. The van der Waals surface area contributed by atoms with Crippen molar-refractivity contribution in [1.29, 1.82) is 0 Å². The molecule has 0 aliphatic carbocycles. The third-order valence-corrected chi connectivity index (χ3v) is 4.55. The van der Waals surface area contributed by atoms with Gasteiger partial charge in [-0.25, -0.2) is 0 Å². The molecule has 0 fully saturated rings. The van der Waals surface area contributed by atoms with Crippen LogP contribution >= 0.6 is 31.9 Å². The van der Waals surface area contributed by atoms with E-state index >= 15 is 0 Å². The van der Waals surface area contributed by atoms with Crippen LogP contribution in [0.25, 0.3) is 0 Å². The first-order chi connectivity index (χ1) is 9.24. The van der Waals surface area contributed by atoms with E-state index in [1.165, 1.54) is 56.9 Å². The number of nitrogens with one attached hydrogen (secondary N) is 1. The van der Waals surface area contributed by atoms with Gasteiger partial charge in [0.2, 0.25) is 0 Å². The van der Waals surface area contributed by atoms with Crippen LogP contribution in [0.4, 0.5) is 0 Å². The Labute approximate surface area is 133 Å². The minimum absolute atomic E-state index is 0.352. The van der Waals surface area contributed by atoms with E-state index < -0.39 is 0 Å². The Morgan fingerprint density at radius 2 is 1.37 bits per heavy atom. The van der Waals surface area contributed by atoms with E-state index in [0.29, 0.717) is 6.61 Å². The van der Waals surface area contributed by atoms with E-state index in [0.717, 1.165) is 22.0 Å². The Hall–Kier alpha value is 0.200. The number of aliphatic hydroxyl groups excluding tert-OH is 1. The summed E-state index contributed by atoms with van der Waals surface area (Å²) in [5.41, 5.74) is 1.37. The largest absolute Gasteiger partial charge is 0.396 e. The summed E-state index contributed by atoms with van der Waals surface area (Å²) in [7, 11) is 0. The van der Waals surface area contributed by atoms with Crippen molar-refractivity contribution in [2.45, 2.75) is 64.2 Å². The monoisotopic (exact) mass is 393 g/mol. The van der Waals surface area contributed by atoms with Gasteiger partial charge in [-0.3, -0.25) is 0 Å². The molecule has 0 aliphatic rings. The summed E-state index contributed by atoms with van der Waals surface area (Å²) in [6.45, 7) is 0.352. The van der Waals surface area contributed by atoms with Crippen molar-refractivity contribution in [3.63, 3.8) is 0 Å². The van der Waals surface area contributed by atoms with Crippen molar-refractivity contribution in [2.75, 3.05) is 6.61 Å². The number of rotatable bonds is 11. The number of H-pyrrole nitrogens is 1. The normalized spacial score (nSPS) is 11.1. The van der Waals surface area contributed by atoms with Crippen LogP contribution in [0.3, 0.4) is 0 Å². The number of hydrogen-bond acceptors (Lipinski definition) is 1. The fraction of sp³-hybridized carbons (Fsp3) is 0.733. The van der Waals surface area contributed by atoms with Crippen LogP contribution in [0.15, 0.2) is 15.3 Å². The average molecular weight is 395 g/mol. The molecule has 1 aromatic rings. The summed E-state index contributed by atoms with van der Waals surface area (Å²) in [5, 5.41) is 8.67. The van der Waals surface area contributed by atoms with Crippen molar-refractivity contribution in [3.8, 4) is 0 Å². The van der Waals surface area contributed by atoms with E-state index in [-0.39, 0.29) is 0 Å². The van der Waals surface area contributed by atoms with Crippen LogP contribution in [0.2, 0.25) is 0 Å². The molecule has 2 N–H and O–H groups in total. The minimum atomic E-state index is 0.352. The molecule has 4 heteroatoms. The van der Waals surface area contributed by atoms with Gasteiger partial charge >= 0.3 is 0 Å². The number of hydrogen-bond donors (Lipinski definition) is 2. The molecule has 0 bridgehead atoms. The summed E-state index contributed by atoms with van der Waals surface area (Å²) in [6, 6.07) is 2.16. The maximum Gasteiger partial charge on any atom is 0.0861 e. The molecule has 0 atom stereocenters. The summed E-state index contributed by atoms with van der Waals surface area (Å²) >= 11 is 6.99. The first-order valence-corrected chi connectivity index (χ1v) is 8.96. The van der Waals surface area contributed by atoms with Gasteiger partial charge in [0.25, 0.3) is 0 Å². The van der Waals surface area contributed by atoms with Gasteiger partial charge < -0.3 is 10.1 Å². The molecule has 1 aromatic heterocycles. The van der Waals surface area contributed by atoms with Crippen LogP contribution in [-0.4, -0.2) is 16.7 Å². The molecule has 1 rings (SSSR count). The quantitative estimate of drug-likeness (QED) is 0.471. The van der Waals surface area contributed by atoms with E-state index in [1.54, 1.807) is 0 Å². The second-order valence-electron chi connectivity index (χ2n) is 5.11. The van der Waals surface area contributed by atoms with Gasteiger partial charge in [-0.1, -0.05) is 44.9 Å². The maximum atomic E-state index is 8.67. The SMILES string of the molecule is OCCCCCCCCCCCc1cc(Br)[nH]c1Br. The molecule has 19 heavy (non-hydrogen) atoms. The second kappa shape index (κ2) is 10.9. The van der Waals surface area contributed by atoms with Crippen molar-refractivity contribution in [1.82, 2.24) is 4.98 Å². The van der Waals surface area contributed by atoms with Crippen LogP contribution < -0.4 is 0 Å². The third kappa shape index (κ3) is 8.16. The van der Waals surface area contributed by atoms with Crippen molar-refractivity contribution < 1.29 is 5.11 Å². The highest BCUT2D eigenvalue weighted by Gasteiger charge is 2.03. The first-order valence-electron chi connectivity index (χ1n) is 7.38. The predicted octanol–water partition coefficient (Wildman–Crippen LogP) is 5.59. The lowest BCUT2D eigenvalue weighted by atomic mass is 10.1. The van der Waals surface area contributed by atoms with Gasteiger partial charge in [0.15, 0.2) is 0 Å². The van der Waals surface area contributed by atoms with E-state index in [2.05, 4.69) is 42.9 Å². The highest BCUT2D eigenvalue weighted by atomic mass is 79.9. The van der Waals surface area contributed by atoms with Crippen molar-refractivity contribution in [3.05, 3.63) is 20.8 Å². The number of aromatic amines is 1. The molecule has 0 radical (unpaired) electrons. The number of aromatic nitrogens is 1. The number of aryl methyl sites for hydroxylation is 1. The Morgan fingerprint density at radius 1 is 0.842 bits per heavy atom. The number of aliphatic hydroxyl groups is 1. The lowest BCUT2D eigenvalue weighted by Crippen LogP contribution is -1.86. The molecule has 0 saturated carbocycles. The van der Waals surface area contributed by atoms with Crippen LogP contribution in [0, 0.1) is 0 Å². The van der Waals surface area contributed by atoms with Crippen LogP contribution in [0.5, 0.6) is 0 Å². The molecule has 0 unspecified atom stereocenters. The highest BCUT2D eigenvalue weighted by molar-refractivity contribution is 9.11. The van der Waals surface area contributed by atoms with Gasteiger partial charge in [-0.2, -0.15) is 0 Å². The maximum absolute atomic E-state index is 8.67. The number of halogens is 2. The lowest BCUT2D eigenvalue weighted by molar-refractivity contribution is 0.282. The smallest absolute Gasteiger partial charge is 0.0861 e. The van der Waals surface area contributed by atoms with Crippen molar-refractivity contribution >= 4 is 31.9 Å². The fourth-order valence-corrected chi connectivity index (χ4v) is 3.55. The first kappa shape index (κ1) is 17.3. The van der Waals surface area contributed by atoms with Gasteiger partial charge in [-0.15, -0.1) is 0 Å². The van der Waals surface area contributed by atoms with E-state index in [4.69, 9.17) is 5.11 Å². The van der Waals surface area contributed by atoms with E-state index in [1.807, 2.05) is 0 Å². The summed E-state index contributed by atoms with van der Waals surface area (Å²) in [6.07, 6.45) is 12.6. The molecular formula is C15H25Br2NO.